The zero-order chi connectivity index (χ0) is 11.9. The smallest absolute Gasteiger partial charge is 0.299 e. The lowest BCUT2D eigenvalue weighted by atomic mass is 9.71. The van der Waals surface area contributed by atoms with E-state index in [9.17, 15) is 4.79 Å². The van der Waals surface area contributed by atoms with Crippen LogP contribution in [0.3, 0.4) is 0 Å². The van der Waals surface area contributed by atoms with Crippen LogP contribution in [0.2, 0.25) is 0 Å². The number of carbonyl (C=O) groups is 1. The zero-order valence-electron chi connectivity index (χ0n) is 9.37. The Kier molecular flexibility index (Phi) is 3.97. The molecule has 0 saturated heterocycles. The van der Waals surface area contributed by atoms with E-state index in [1.165, 1.54) is 7.28 Å². The summed E-state index contributed by atoms with van der Waals surface area (Å²) in [6.07, 6.45) is 0. The Morgan fingerprint density at radius 2 is 1.53 bits per heavy atom. The lowest BCUT2D eigenvalue weighted by molar-refractivity contribution is 0.166. The quantitative estimate of drug-likeness (QED) is 0.743. The van der Waals surface area contributed by atoms with Gasteiger partial charge in [0.15, 0.2) is 0 Å². The predicted molar refractivity (Wildman–Crippen MR) is 68.5 cm³/mol. The average molecular weight is 223 g/mol. The molecule has 0 spiro atoms. The summed E-state index contributed by atoms with van der Waals surface area (Å²) < 4.78 is 5.14. The molecule has 0 N–H and O–H groups in total. The van der Waals surface area contributed by atoms with Crippen LogP contribution in [-0.4, -0.2) is 13.1 Å². The van der Waals surface area contributed by atoms with E-state index in [4.69, 9.17) is 4.74 Å². The van der Waals surface area contributed by atoms with Gasteiger partial charge in [0, 0.05) is 0 Å². The van der Waals surface area contributed by atoms with Crippen LogP contribution in [-0.2, 0) is 11.3 Å². The van der Waals surface area contributed by atoms with Crippen LogP contribution in [0.1, 0.15) is 5.56 Å². The molecule has 0 atom stereocenters. The van der Waals surface area contributed by atoms with E-state index in [1.807, 2.05) is 60.7 Å². The highest BCUT2D eigenvalue weighted by atomic mass is 16.5. The third kappa shape index (κ3) is 3.80. The molecule has 0 fully saturated rings. The molecule has 0 aliphatic carbocycles. The molecular formula is C14H12BO2. The molecule has 1 radical (unpaired) electrons. The first-order chi connectivity index (χ1) is 8.34. The van der Waals surface area contributed by atoms with E-state index in [0.717, 1.165) is 11.0 Å². The highest BCUT2D eigenvalue weighted by Crippen LogP contribution is 2.00. The maximum atomic E-state index is 11.5. The van der Waals surface area contributed by atoms with E-state index in [-0.39, 0.29) is 5.87 Å². The molecular weight excluding hydrogens is 211 g/mol. The average Bonchev–Trinajstić information content (AvgIpc) is 2.39. The van der Waals surface area contributed by atoms with Gasteiger partial charge in [0.05, 0.1) is 0 Å². The summed E-state index contributed by atoms with van der Waals surface area (Å²) in [6, 6.07) is 19.0. The second-order valence-corrected chi connectivity index (χ2v) is 3.65. The highest BCUT2D eigenvalue weighted by molar-refractivity contribution is 6.82. The largest absolute Gasteiger partial charge is 0.469 e. The Morgan fingerprint density at radius 1 is 0.941 bits per heavy atom. The number of hydrogen-bond acceptors (Lipinski definition) is 2. The molecule has 0 aliphatic heterocycles. The lowest BCUT2D eigenvalue weighted by Crippen LogP contribution is -2.23. The maximum Gasteiger partial charge on any atom is 0.299 e. The minimum atomic E-state index is -0.319. The van der Waals surface area contributed by atoms with Gasteiger partial charge in [0.1, 0.15) is 6.61 Å². The van der Waals surface area contributed by atoms with Gasteiger partial charge in [0.25, 0.3) is 13.1 Å². The standard InChI is InChI=1S/C14H12BO2/c16-14(15-13-9-5-2-6-10-13)17-11-12-7-3-1-4-8-12/h1-10H,11H2. The molecule has 2 aromatic rings. The van der Waals surface area contributed by atoms with Crippen LogP contribution in [0.25, 0.3) is 0 Å². The van der Waals surface area contributed by atoms with Gasteiger partial charge in [-0.1, -0.05) is 66.1 Å². The fraction of sp³-hybridized carbons (Fsp3) is 0.0714. The monoisotopic (exact) mass is 223 g/mol. The van der Waals surface area contributed by atoms with Crippen LogP contribution < -0.4 is 5.46 Å². The van der Waals surface area contributed by atoms with E-state index in [0.29, 0.717) is 6.61 Å². The van der Waals surface area contributed by atoms with Crippen LogP contribution in [0.15, 0.2) is 60.7 Å². The summed E-state index contributed by atoms with van der Waals surface area (Å²) in [6.45, 7) is 0.309. The predicted octanol–water partition coefficient (Wildman–Crippen LogP) is 2.35. The van der Waals surface area contributed by atoms with Crippen molar-refractivity contribution in [1.29, 1.82) is 0 Å². The molecule has 2 aromatic carbocycles. The van der Waals surface area contributed by atoms with Gasteiger partial charge in [-0.15, -0.1) is 0 Å². The Balaban J connectivity index is 1.83. The molecule has 0 aromatic heterocycles. The van der Waals surface area contributed by atoms with Crippen molar-refractivity contribution < 1.29 is 9.53 Å². The summed E-state index contributed by atoms with van der Waals surface area (Å²) in [5.41, 5.74) is 1.84. The topological polar surface area (TPSA) is 26.3 Å². The summed E-state index contributed by atoms with van der Waals surface area (Å²) in [5.74, 6) is -0.319. The Morgan fingerprint density at radius 3 is 2.18 bits per heavy atom. The van der Waals surface area contributed by atoms with Gasteiger partial charge in [-0.3, -0.25) is 4.79 Å². The van der Waals surface area contributed by atoms with Gasteiger partial charge < -0.3 is 4.74 Å². The van der Waals surface area contributed by atoms with Crippen LogP contribution >= 0.6 is 0 Å². The van der Waals surface area contributed by atoms with Gasteiger partial charge in [-0.2, -0.15) is 0 Å². The molecule has 0 aliphatic rings. The summed E-state index contributed by atoms with van der Waals surface area (Å²) >= 11 is 0. The minimum Gasteiger partial charge on any atom is -0.469 e. The zero-order valence-corrected chi connectivity index (χ0v) is 9.37. The third-order valence-corrected chi connectivity index (χ3v) is 2.31. The second-order valence-electron chi connectivity index (χ2n) is 3.65. The first kappa shape index (κ1) is 11.5. The van der Waals surface area contributed by atoms with Crippen LogP contribution in [0.4, 0.5) is 4.79 Å². The Labute approximate surface area is 101 Å². The molecule has 0 saturated carbocycles. The van der Waals surface area contributed by atoms with Crippen LogP contribution in [0, 0.1) is 0 Å². The molecule has 2 rings (SSSR count). The summed E-state index contributed by atoms with van der Waals surface area (Å²) in [4.78, 5) is 11.5. The third-order valence-electron chi connectivity index (χ3n) is 2.31. The molecule has 0 heterocycles. The van der Waals surface area contributed by atoms with Crippen molar-refractivity contribution in [3.63, 3.8) is 0 Å². The fourth-order valence-electron chi connectivity index (χ4n) is 1.46. The number of hydrogen-bond donors (Lipinski definition) is 0. The van der Waals surface area contributed by atoms with Crippen molar-refractivity contribution in [2.45, 2.75) is 6.61 Å². The van der Waals surface area contributed by atoms with Crippen molar-refractivity contribution in [1.82, 2.24) is 0 Å². The van der Waals surface area contributed by atoms with Crippen molar-refractivity contribution >= 4 is 18.6 Å². The normalized spacial score (nSPS) is 9.65. The van der Waals surface area contributed by atoms with E-state index in [1.54, 1.807) is 0 Å². The molecule has 83 valence electrons. The maximum absolute atomic E-state index is 11.5. The first-order valence-electron chi connectivity index (χ1n) is 5.45. The number of ether oxygens (including phenoxy) is 1. The molecule has 3 heteroatoms. The number of benzene rings is 2. The lowest BCUT2D eigenvalue weighted by Gasteiger charge is -2.04. The van der Waals surface area contributed by atoms with Gasteiger partial charge in [0.2, 0.25) is 0 Å². The molecule has 2 nitrogen and oxygen atoms in total. The van der Waals surface area contributed by atoms with Crippen molar-refractivity contribution in [2.75, 3.05) is 0 Å². The van der Waals surface area contributed by atoms with E-state index < -0.39 is 0 Å². The van der Waals surface area contributed by atoms with Crippen LogP contribution in [0.5, 0.6) is 0 Å². The van der Waals surface area contributed by atoms with Crippen molar-refractivity contribution in [3.05, 3.63) is 66.2 Å². The SMILES string of the molecule is O=C([B]c1ccccc1)OCc1ccccc1. The van der Waals surface area contributed by atoms with E-state index in [2.05, 4.69) is 0 Å². The molecule has 0 amide bonds. The van der Waals surface area contributed by atoms with Gasteiger partial charge >= 0.3 is 0 Å². The van der Waals surface area contributed by atoms with Crippen molar-refractivity contribution in [3.8, 4) is 0 Å². The minimum absolute atomic E-state index is 0.309. The summed E-state index contributed by atoms with van der Waals surface area (Å²) in [7, 11) is 1.49. The molecule has 0 bridgehead atoms. The summed E-state index contributed by atoms with van der Waals surface area (Å²) in [5, 5.41) is 0. The van der Waals surface area contributed by atoms with Crippen molar-refractivity contribution in [2.24, 2.45) is 0 Å². The fourth-order valence-corrected chi connectivity index (χ4v) is 1.46. The van der Waals surface area contributed by atoms with Gasteiger partial charge in [-0.25, -0.2) is 0 Å². The molecule has 17 heavy (non-hydrogen) atoms. The van der Waals surface area contributed by atoms with E-state index >= 15 is 0 Å². The Bertz CT molecular complexity index is 468. The number of carbonyl (C=O) groups excluding carboxylic acids is 1. The second kappa shape index (κ2) is 5.90. The first-order valence-corrected chi connectivity index (χ1v) is 5.45. The highest BCUT2D eigenvalue weighted by Gasteiger charge is 2.07. The Hall–Kier alpha value is -2.03. The van der Waals surface area contributed by atoms with Gasteiger partial charge in [-0.05, 0) is 5.56 Å². The number of rotatable bonds is 4. The molecule has 0 unspecified atom stereocenters.